The largest absolute Gasteiger partial charge is 0.477 e. The van der Waals surface area contributed by atoms with Gasteiger partial charge in [-0.05, 0) is 24.3 Å². The Morgan fingerprint density at radius 3 is 2.64 bits per heavy atom. The maximum Gasteiger partial charge on any atom is 0.343 e. The highest BCUT2D eigenvalue weighted by Crippen LogP contribution is 2.31. The molecule has 25 heavy (non-hydrogen) atoms. The van der Waals surface area contributed by atoms with Gasteiger partial charge in [0.15, 0.2) is 5.56 Å². The second-order valence-corrected chi connectivity index (χ2v) is 6.13. The number of likely N-dealkylation sites (N-methyl/N-ethyl adjacent to an activating group) is 1. The molecule has 130 valence electrons. The predicted octanol–water partition coefficient (Wildman–Crippen LogP) is 1.71. The third-order valence-corrected chi connectivity index (χ3v) is 4.56. The lowest BCUT2D eigenvalue weighted by Gasteiger charge is -2.21. The molecule has 2 heterocycles. The van der Waals surface area contributed by atoms with Gasteiger partial charge in [0.1, 0.15) is 16.2 Å². The number of carboxylic acids is 1. The molecular weight excluding hydrogens is 349 g/mol. The SMILES string of the molecule is CN(CCO)c1c(C(=O)O)c(=O)n(-c2ccc(F)cc2)c2scnc12. The van der Waals surface area contributed by atoms with Crippen LogP contribution < -0.4 is 10.5 Å². The van der Waals surface area contributed by atoms with Crippen LogP contribution in [0.2, 0.25) is 0 Å². The van der Waals surface area contributed by atoms with Crippen molar-refractivity contribution in [2.24, 2.45) is 0 Å². The number of halogens is 1. The summed E-state index contributed by atoms with van der Waals surface area (Å²) in [5.74, 6) is -1.86. The summed E-state index contributed by atoms with van der Waals surface area (Å²) in [6.45, 7) is -0.0604. The summed E-state index contributed by atoms with van der Waals surface area (Å²) in [7, 11) is 1.58. The molecule has 3 rings (SSSR count). The monoisotopic (exact) mass is 363 g/mol. The first-order valence-electron chi connectivity index (χ1n) is 7.29. The Morgan fingerprint density at radius 1 is 1.36 bits per heavy atom. The Morgan fingerprint density at radius 2 is 2.04 bits per heavy atom. The number of aliphatic hydroxyl groups excluding tert-OH is 1. The number of fused-ring (bicyclic) bond motifs is 1. The minimum Gasteiger partial charge on any atom is -0.477 e. The van der Waals surface area contributed by atoms with Crippen LogP contribution in [0.3, 0.4) is 0 Å². The Kier molecular flexibility index (Phi) is 4.51. The number of aromatic carboxylic acids is 1. The van der Waals surface area contributed by atoms with Crippen molar-refractivity contribution in [3.05, 3.63) is 51.5 Å². The lowest BCUT2D eigenvalue weighted by molar-refractivity contribution is 0.0695. The molecular formula is C16H14FN3O4S. The maximum atomic E-state index is 13.2. The first-order chi connectivity index (χ1) is 12.0. The second-order valence-electron chi connectivity index (χ2n) is 5.30. The van der Waals surface area contributed by atoms with Gasteiger partial charge in [0.25, 0.3) is 5.56 Å². The fourth-order valence-electron chi connectivity index (χ4n) is 2.64. The van der Waals surface area contributed by atoms with E-state index in [1.165, 1.54) is 50.6 Å². The van der Waals surface area contributed by atoms with E-state index in [2.05, 4.69) is 4.98 Å². The first kappa shape index (κ1) is 17.1. The number of thiazole rings is 1. The topological polar surface area (TPSA) is 95.7 Å². The van der Waals surface area contributed by atoms with Gasteiger partial charge in [0.05, 0.1) is 23.5 Å². The number of aromatic nitrogens is 2. The molecule has 0 spiro atoms. The van der Waals surface area contributed by atoms with Gasteiger partial charge in [0, 0.05) is 13.6 Å². The Bertz CT molecular complexity index is 997. The molecule has 0 atom stereocenters. The molecule has 0 aliphatic carbocycles. The highest BCUT2D eigenvalue weighted by atomic mass is 32.1. The zero-order chi connectivity index (χ0) is 18.1. The molecule has 1 aromatic carbocycles. The van der Waals surface area contributed by atoms with Gasteiger partial charge in [-0.1, -0.05) is 0 Å². The number of hydrogen-bond acceptors (Lipinski definition) is 6. The molecule has 0 amide bonds. The van der Waals surface area contributed by atoms with Crippen LogP contribution in [0.15, 0.2) is 34.6 Å². The Labute approximate surface area is 145 Å². The average molecular weight is 363 g/mol. The van der Waals surface area contributed by atoms with Crippen LogP contribution in [0.5, 0.6) is 0 Å². The molecule has 0 aliphatic heterocycles. The summed E-state index contributed by atoms with van der Waals surface area (Å²) in [5, 5.41) is 18.7. The van der Waals surface area contributed by atoms with Crippen molar-refractivity contribution >= 4 is 33.3 Å². The zero-order valence-electron chi connectivity index (χ0n) is 13.1. The molecule has 0 saturated carbocycles. The highest BCUT2D eigenvalue weighted by Gasteiger charge is 2.26. The number of rotatable bonds is 5. The van der Waals surface area contributed by atoms with Crippen molar-refractivity contribution < 1.29 is 19.4 Å². The van der Waals surface area contributed by atoms with E-state index in [1.807, 2.05) is 0 Å². The van der Waals surface area contributed by atoms with Gasteiger partial charge < -0.3 is 15.1 Å². The zero-order valence-corrected chi connectivity index (χ0v) is 14.0. The van der Waals surface area contributed by atoms with E-state index < -0.39 is 22.9 Å². The molecule has 9 heteroatoms. The van der Waals surface area contributed by atoms with Gasteiger partial charge in [-0.25, -0.2) is 14.2 Å². The van der Waals surface area contributed by atoms with Crippen molar-refractivity contribution in [3.63, 3.8) is 0 Å². The van der Waals surface area contributed by atoms with Crippen LogP contribution in [0.4, 0.5) is 10.1 Å². The van der Waals surface area contributed by atoms with E-state index in [1.54, 1.807) is 7.05 Å². The van der Waals surface area contributed by atoms with Crippen molar-refractivity contribution in [2.75, 3.05) is 25.1 Å². The number of carboxylic acid groups (broad SMARTS) is 1. The fraction of sp³-hybridized carbons (Fsp3) is 0.188. The number of anilines is 1. The molecule has 0 aliphatic rings. The van der Waals surface area contributed by atoms with Crippen LogP contribution in [0.1, 0.15) is 10.4 Å². The molecule has 0 unspecified atom stereocenters. The number of nitrogens with zero attached hydrogens (tertiary/aromatic N) is 3. The van der Waals surface area contributed by atoms with Crippen LogP contribution in [-0.2, 0) is 0 Å². The van der Waals surface area contributed by atoms with E-state index >= 15 is 0 Å². The summed E-state index contributed by atoms with van der Waals surface area (Å²) in [6, 6.07) is 5.19. The number of carbonyl (C=O) groups is 1. The van der Waals surface area contributed by atoms with E-state index in [4.69, 9.17) is 5.11 Å². The molecule has 0 fully saturated rings. The van der Waals surface area contributed by atoms with Crippen LogP contribution in [0.25, 0.3) is 16.0 Å². The average Bonchev–Trinajstić information content (AvgIpc) is 3.03. The van der Waals surface area contributed by atoms with Crippen molar-refractivity contribution in [1.82, 2.24) is 9.55 Å². The molecule has 0 radical (unpaired) electrons. The molecule has 3 aromatic rings. The number of aliphatic hydroxyl groups is 1. The van der Waals surface area contributed by atoms with E-state index in [0.717, 1.165) is 0 Å². The number of benzene rings is 1. The van der Waals surface area contributed by atoms with Gasteiger partial charge in [-0.3, -0.25) is 9.36 Å². The lowest BCUT2D eigenvalue weighted by Crippen LogP contribution is -2.31. The predicted molar refractivity (Wildman–Crippen MR) is 92.5 cm³/mol. The lowest BCUT2D eigenvalue weighted by atomic mass is 10.1. The van der Waals surface area contributed by atoms with Gasteiger partial charge in [0.2, 0.25) is 0 Å². The highest BCUT2D eigenvalue weighted by molar-refractivity contribution is 7.16. The first-order valence-corrected chi connectivity index (χ1v) is 8.17. The summed E-state index contributed by atoms with van der Waals surface area (Å²) in [6.07, 6.45) is 0. The molecule has 2 aromatic heterocycles. The van der Waals surface area contributed by atoms with Crippen molar-refractivity contribution in [1.29, 1.82) is 0 Å². The van der Waals surface area contributed by atoms with E-state index in [9.17, 15) is 19.1 Å². The normalized spacial score (nSPS) is 11.0. The molecule has 0 bridgehead atoms. The maximum absolute atomic E-state index is 13.2. The van der Waals surface area contributed by atoms with Gasteiger partial charge >= 0.3 is 5.97 Å². The standard InChI is InChI=1S/C16H14FN3O4S/c1-19(6-7-21)13-11(16(23)24)14(22)20(15-12(13)18-8-25-15)10-4-2-9(17)3-5-10/h2-5,8,21H,6-7H2,1H3,(H,23,24). The van der Waals surface area contributed by atoms with E-state index in [0.29, 0.717) is 16.0 Å². The van der Waals surface area contributed by atoms with Crippen LogP contribution in [0, 0.1) is 5.82 Å². The fourth-order valence-corrected chi connectivity index (χ4v) is 3.45. The quantitative estimate of drug-likeness (QED) is 0.717. The Balaban J connectivity index is 2.41. The van der Waals surface area contributed by atoms with Crippen molar-refractivity contribution in [3.8, 4) is 5.69 Å². The number of hydrogen-bond donors (Lipinski definition) is 2. The summed E-state index contributed by atoms with van der Waals surface area (Å²) >= 11 is 1.17. The second kappa shape index (κ2) is 6.61. The number of pyridine rings is 1. The minimum absolute atomic E-state index is 0.146. The Hall–Kier alpha value is -2.78. The summed E-state index contributed by atoms with van der Waals surface area (Å²) < 4.78 is 14.4. The smallest absolute Gasteiger partial charge is 0.343 e. The van der Waals surface area contributed by atoms with Crippen molar-refractivity contribution in [2.45, 2.75) is 0 Å². The summed E-state index contributed by atoms with van der Waals surface area (Å²) in [5.41, 5.74) is 1.16. The molecule has 2 N–H and O–H groups in total. The van der Waals surface area contributed by atoms with Crippen LogP contribution >= 0.6 is 11.3 Å². The molecule has 0 saturated heterocycles. The van der Waals surface area contributed by atoms with Gasteiger partial charge in [-0.2, -0.15) is 0 Å². The van der Waals surface area contributed by atoms with Crippen LogP contribution in [-0.4, -0.2) is 45.9 Å². The molecule has 7 nitrogen and oxygen atoms in total. The van der Waals surface area contributed by atoms with Gasteiger partial charge in [-0.15, -0.1) is 11.3 Å². The summed E-state index contributed by atoms with van der Waals surface area (Å²) in [4.78, 5) is 30.8. The third kappa shape index (κ3) is 2.87. The third-order valence-electron chi connectivity index (χ3n) is 3.75. The minimum atomic E-state index is -1.39. The van der Waals surface area contributed by atoms with E-state index in [-0.39, 0.29) is 18.8 Å².